The first-order valence-electron chi connectivity index (χ1n) is 18.0. The van der Waals surface area contributed by atoms with Crippen LogP contribution in [0.1, 0.15) is 64.0 Å². The summed E-state index contributed by atoms with van der Waals surface area (Å²) in [6, 6.07) is 8.84. The van der Waals surface area contributed by atoms with Crippen LogP contribution in [-0.4, -0.2) is 111 Å². The van der Waals surface area contributed by atoms with E-state index in [2.05, 4.69) is 0 Å². The number of benzene rings is 3. The van der Waals surface area contributed by atoms with Crippen LogP contribution in [0.3, 0.4) is 0 Å². The van der Waals surface area contributed by atoms with E-state index in [1.807, 2.05) is 0 Å². The topological polar surface area (TPSA) is 315 Å². The van der Waals surface area contributed by atoms with Crippen molar-refractivity contribution in [2.75, 3.05) is 29.5 Å². The Bertz CT molecular complexity index is 2960. The molecule has 328 valence electrons. The number of allylic oxidation sites excluding steroid dienone is 4. The van der Waals surface area contributed by atoms with E-state index < -0.39 is 93.6 Å². The molecule has 0 spiro atoms. The Morgan fingerprint density at radius 3 is 1.90 bits per heavy atom. The molecule has 3 aromatic rings. The second kappa shape index (κ2) is 16.3. The van der Waals surface area contributed by atoms with Crippen molar-refractivity contribution in [2.45, 2.75) is 78.4 Å². The minimum Gasteiger partial charge on any atom is -0.481 e. The smallest absolute Gasteiger partial charge is 0.303 e. The molecule has 3 aromatic carbocycles. The number of aliphatic carboxylic acids is 1. The summed E-state index contributed by atoms with van der Waals surface area (Å²) in [5, 5.41) is 10.5. The van der Waals surface area contributed by atoms with E-state index in [0.717, 1.165) is 6.07 Å². The SMILES string of the molecule is CC1(C)C(/C=C/C=C2/N(CCCS(=O)(=O)O)c3ccc4ccc(S(=O)(=O)O)cc4c3C2(C)CCCC(=O)O)=[N+](CCCS(=O)(=O)O)c2cc(S(=O)(=O)O)cc(S(=O)(=O)O)c21. The molecule has 0 aromatic heterocycles. The Hall–Kier alpha value is -4.11. The van der Waals surface area contributed by atoms with E-state index in [1.165, 1.54) is 48.8 Å². The molecule has 0 aliphatic carbocycles. The third-order valence-electron chi connectivity index (χ3n) is 10.6. The van der Waals surface area contributed by atoms with Gasteiger partial charge in [-0.15, -0.1) is 0 Å². The van der Waals surface area contributed by atoms with Crippen LogP contribution in [0.5, 0.6) is 0 Å². The summed E-state index contributed by atoms with van der Waals surface area (Å²) in [6.45, 7) is 4.51. The standard InChI is InChI=1S/C36H42N2O17S5/c1-35(2)30(38(17-7-19-57(44,45)46)28-21-25(59(50,51)52)22-29(34(28)35)60(53,54)55)8-4-9-31-36(3,15-5-10-32(39)40)33-26-20-24(58(47,48)49)13-11-23(26)12-14-27(33)37(31)16-6-18-56(41,42)43/h4,8-9,11-14,20-22H,5-7,10,15-19H2,1-3H3,(H5-,39,40,41,42,43,44,45,46,47,48,49,50,51,52,53,54,55)/p+1. The van der Waals surface area contributed by atoms with Gasteiger partial charge >= 0.3 is 5.97 Å². The van der Waals surface area contributed by atoms with Crippen LogP contribution < -0.4 is 4.90 Å². The average Bonchev–Trinajstić information content (AvgIpc) is 3.45. The molecular formula is C36H43N2O17S5+. The Morgan fingerprint density at radius 1 is 0.733 bits per heavy atom. The normalized spacial score (nSPS) is 19.1. The van der Waals surface area contributed by atoms with Gasteiger partial charge in [0, 0.05) is 48.3 Å². The number of carboxylic acids is 1. The lowest BCUT2D eigenvalue weighted by atomic mass is 9.75. The second-order valence-corrected chi connectivity index (χ2v) is 22.5. The minimum atomic E-state index is -5.17. The molecule has 0 radical (unpaired) electrons. The van der Waals surface area contributed by atoms with Crippen LogP contribution in [0.15, 0.2) is 81.1 Å². The van der Waals surface area contributed by atoms with Gasteiger partial charge in [0.1, 0.15) is 16.3 Å². The van der Waals surface area contributed by atoms with Crippen molar-refractivity contribution in [1.82, 2.24) is 0 Å². The number of hydrogen-bond donors (Lipinski definition) is 6. The van der Waals surface area contributed by atoms with Gasteiger partial charge in [-0.1, -0.05) is 18.2 Å². The number of hydrogen-bond acceptors (Lipinski definition) is 12. The quantitative estimate of drug-likeness (QED) is 0.0823. The number of carboxylic acid groups (broad SMARTS) is 1. The van der Waals surface area contributed by atoms with Crippen LogP contribution in [-0.2, 0) is 66.2 Å². The third kappa shape index (κ3) is 9.98. The monoisotopic (exact) mass is 935 g/mol. The molecule has 2 aliphatic heterocycles. The van der Waals surface area contributed by atoms with Gasteiger partial charge in [-0.05, 0) is 86.7 Å². The summed E-state index contributed by atoms with van der Waals surface area (Å²) in [7, 11) is -23.9. The minimum absolute atomic E-state index is 0.0458. The summed E-state index contributed by atoms with van der Waals surface area (Å²) < 4.78 is 172. The van der Waals surface area contributed by atoms with E-state index in [1.54, 1.807) is 30.0 Å². The van der Waals surface area contributed by atoms with Gasteiger partial charge in [-0.2, -0.15) is 46.7 Å². The Kier molecular flexibility index (Phi) is 12.8. The molecule has 5 rings (SSSR count). The van der Waals surface area contributed by atoms with Gasteiger partial charge in [0.05, 0.1) is 27.4 Å². The zero-order chi connectivity index (χ0) is 45.0. The third-order valence-corrected chi connectivity index (χ3v) is 14.8. The highest BCUT2D eigenvalue weighted by Crippen LogP contribution is 2.54. The molecule has 6 N–H and O–H groups in total. The number of carbonyl (C=O) groups is 1. The van der Waals surface area contributed by atoms with Crippen LogP contribution in [0.4, 0.5) is 11.4 Å². The Balaban J connectivity index is 1.79. The number of anilines is 1. The Morgan fingerprint density at radius 2 is 1.33 bits per heavy atom. The Labute approximate surface area is 347 Å². The van der Waals surface area contributed by atoms with Crippen LogP contribution in [0.2, 0.25) is 0 Å². The van der Waals surface area contributed by atoms with Crippen molar-refractivity contribution < 1.29 is 79.3 Å². The molecule has 1 atom stereocenters. The fourth-order valence-corrected chi connectivity index (χ4v) is 11.1. The lowest BCUT2D eigenvalue weighted by Crippen LogP contribution is -2.31. The number of fused-ring (bicyclic) bond motifs is 4. The second-order valence-electron chi connectivity index (χ2n) is 15.2. The molecule has 0 amide bonds. The molecule has 19 nitrogen and oxygen atoms in total. The van der Waals surface area contributed by atoms with Gasteiger partial charge in [0.15, 0.2) is 5.71 Å². The maximum absolute atomic E-state index is 12.7. The lowest BCUT2D eigenvalue weighted by Gasteiger charge is -2.31. The highest BCUT2D eigenvalue weighted by atomic mass is 32.2. The van der Waals surface area contributed by atoms with E-state index in [-0.39, 0.29) is 62.2 Å². The van der Waals surface area contributed by atoms with E-state index in [9.17, 15) is 74.8 Å². The molecule has 1 unspecified atom stereocenters. The molecule has 0 bridgehead atoms. The molecule has 24 heteroatoms. The van der Waals surface area contributed by atoms with E-state index >= 15 is 0 Å². The zero-order valence-electron chi connectivity index (χ0n) is 32.2. The van der Waals surface area contributed by atoms with Gasteiger partial charge in [-0.25, -0.2) is 0 Å². The van der Waals surface area contributed by atoms with Crippen molar-refractivity contribution in [3.63, 3.8) is 0 Å². The predicted molar refractivity (Wildman–Crippen MR) is 218 cm³/mol. The van der Waals surface area contributed by atoms with Crippen LogP contribution >= 0.6 is 0 Å². The summed E-state index contributed by atoms with van der Waals surface area (Å²) in [4.78, 5) is 11.2. The van der Waals surface area contributed by atoms with E-state index in [0.29, 0.717) is 33.8 Å². The van der Waals surface area contributed by atoms with Crippen molar-refractivity contribution in [3.05, 3.63) is 77.5 Å². The zero-order valence-corrected chi connectivity index (χ0v) is 36.3. The highest BCUT2D eigenvalue weighted by molar-refractivity contribution is 7.87. The molecule has 60 heavy (non-hydrogen) atoms. The van der Waals surface area contributed by atoms with Crippen molar-refractivity contribution in [2.24, 2.45) is 0 Å². The highest BCUT2D eigenvalue weighted by Gasteiger charge is 2.49. The predicted octanol–water partition coefficient (Wildman–Crippen LogP) is 3.98. The van der Waals surface area contributed by atoms with Gasteiger partial charge < -0.3 is 10.0 Å². The lowest BCUT2D eigenvalue weighted by molar-refractivity contribution is -0.437. The van der Waals surface area contributed by atoms with Gasteiger partial charge in [0.2, 0.25) is 5.69 Å². The maximum atomic E-state index is 12.7. The number of nitrogens with zero attached hydrogens (tertiary/aromatic N) is 2. The molecule has 0 saturated heterocycles. The van der Waals surface area contributed by atoms with E-state index in [4.69, 9.17) is 0 Å². The number of rotatable bonds is 17. The summed E-state index contributed by atoms with van der Waals surface area (Å²) in [6.07, 6.45) is 4.10. The molecule has 2 heterocycles. The summed E-state index contributed by atoms with van der Waals surface area (Å²) in [5.74, 6) is -2.51. The fraction of sp³-hybridized carbons (Fsp3) is 0.389. The maximum Gasteiger partial charge on any atom is 0.303 e. The summed E-state index contributed by atoms with van der Waals surface area (Å²) in [5.41, 5.74) is -1.21. The first-order chi connectivity index (χ1) is 27.4. The van der Waals surface area contributed by atoms with Crippen molar-refractivity contribution in [3.8, 4) is 0 Å². The largest absolute Gasteiger partial charge is 0.481 e. The van der Waals surface area contributed by atoms with Gasteiger partial charge in [-0.3, -0.25) is 27.6 Å². The molecule has 2 aliphatic rings. The fourth-order valence-electron chi connectivity index (χ4n) is 8.11. The van der Waals surface area contributed by atoms with Crippen LogP contribution in [0.25, 0.3) is 10.8 Å². The average molecular weight is 936 g/mol. The van der Waals surface area contributed by atoms with Crippen molar-refractivity contribution in [1.29, 1.82) is 0 Å². The molecule has 0 saturated carbocycles. The summed E-state index contributed by atoms with van der Waals surface area (Å²) >= 11 is 0. The van der Waals surface area contributed by atoms with Crippen molar-refractivity contribution >= 4 is 84.4 Å². The van der Waals surface area contributed by atoms with Crippen LogP contribution in [0, 0.1) is 0 Å². The van der Waals surface area contributed by atoms with Gasteiger partial charge in [0.25, 0.3) is 50.6 Å². The molecule has 0 fully saturated rings. The first kappa shape index (κ1) is 46.9. The molecular weight excluding hydrogens is 893 g/mol. The first-order valence-corrected chi connectivity index (χ1v) is 25.5.